The Morgan fingerprint density at radius 2 is 1.95 bits per heavy atom. The van der Waals surface area contributed by atoms with Gasteiger partial charge in [0.25, 0.3) is 5.91 Å². The van der Waals surface area contributed by atoms with Crippen molar-refractivity contribution in [3.63, 3.8) is 0 Å². The van der Waals surface area contributed by atoms with E-state index in [0.717, 1.165) is 11.8 Å². The predicted molar refractivity (Wildman–Crippen MR) is 72.4 cm³/mol. The maximum atomic E-state index is 13.6. The molecule has 0 aliphatic heterocycles. The van der Waals surface area contributed by atoms with Gasteiger partial charge in [-0.3, -0.25) is 9.78 Å². The number of nitrogens with one attached hydrogen (secondary N) is 1. The lowest BCUT2D eigenvalue weighted by Crippen LogP contribution is -2.16. The molecule has 0 aliphatic carbocycles. The number of nitrogens with zero attached hydrogens (tertiary/aromatic N) is 1. The number of nitrogen functional groups attached to an aromatic ring is 1. The Balaban J connectivity index is 2.33. The van der Waals surface area contributed by atoms with Crippen molar-refractivity contribution in [1.29, 1.82) is 0 Å². The van der Waals surface area contributed by atoms with Gasteiger partial charge >= 0.3 is 0 Å². The number of carbonyl (C=O) groups is 1. The van der Waals surface area contributed by atoms with E-state index in [4.69, 9.17) is 5.73 Å². The summed E-state index contributed by atoms with van der Waals surface area (Å²) < 4.78 is 26.5. The van der Waals surface area contributed by atoms with E-state index in [1.807, 2.05) is 0 Å². The van der Waals surface area contributed by atoms with Crippen LogP contribution in [0.25, 0.3) is 0 Å². The van der Waals surface area contributed by atoms with Crippen molar-refractivity contribution in [3.05, 3.63) is 52.9 Å². The molecule has 1 aromatic heterocycles. The number of rotatable bonds is 2. The molecule has 0 bridgehead atoms. The lowest BCUT2D eigenvalue weighted by molar-refractivity contribution is 0.102. The monoisotopic (exact) mass is 277 g/mol. The maximum absolute atomic E-state index is 13.6. The summed E-state index contributed by atoms with van der Waals surface area (Å²) in [6, 6.07) is 4.86. The molecule has 2 rings (SSSR count). The van der Waals surface area contributed by atoms with Gasteiger partial charge in [0.05, 0.1) is 16.9 Å². The molecule has 1 aromatic carbocycles. The first-order valence-corrected chi connectivity index (χ1v) is 5.88. The van der Waals surface area contributed by atoms with E-state index in [1.165, 1.54) is 0 Å². The fourth-order valence-corrected chi connectivity index (χ4v) is 1.83. The summed E-state index contributed by atoms with van der Waals surface area (Å²) >= 11 is 0. The second-order valence-electron chi connectivity index (χ2n) is 4.39. The smallest absolute Gasteiger partial charge is 0.257 e. The lowest BCUT2D eigenvalue weighted by atomic mass is 10.1. The molecular formula is C14H13F2N3O. The molecule has 0 spiro atoms. The minimum atomic E-state index is -0.923. The number of aryl methyl sites for hydroxylation is 2. The van der Waals surface area contributed by atoms with Crippen LogP contribution in [0.4, 0.5) is 20.2 Å². The summed E-state index contributed by atoms with van der Waals surface area (Å²) in [6.45, 7) is 3.47. The van der Waals surface area contributed by atoms with Crippen molar-refractivity contribution in [2.24, 2.45) is 0 Å². The number of aromatic nitrogens is 1. The van der Waals surface area contributed by atoms with Gasteiger partial charge in [0.1, 0.15) is 11.5 Å². The van der Waals surface area contributed by atoms with Crippen LogP contribution in [0.3, 0.4) is 0 Å². The molecule has 0 radical (unpaired) electrons. The van der Waals surface area contributed by atoms with Crippen molar-refractivity contribution in [2.75, 3.05) is 11.1 Å². The Morgan fingerprint density at radius 1 is 1.25 bits per heavy atom. The molecule has 0 atom stereocenters. The number of carbonyl (C=O) groups excluding carboxylic acids is 1. The predicted octanol–water partition coefficient (Wildman–Crippen LogP) is 2.81. The van der Waals surface area contributed by atoms with Crippen LogP contribution in [0.2, 0.25) is 0 Å². The van der Waals surface area contributed by atoms with Gasteiger partial charge in [0, 0.05) is 11.8 Å². The summed E-state index contributed by atoms with van der Waals surface area (Å²) in [5, 5.41) is 2.34. The molecule has 1 heterocycles. The third kappa shape index (κ3) is 2.74. The zero-order valence-corrected chi connectivity index (χ0v) is 11.0. The third-order valence-corrected chi connectivity index (χ3v) is 2.79. The second-order valence-corrected chi connectivity index (χ2v) is 4.39. The van der Waals surface area contributed by atoms with Crippen molar-refractivity contribution in [3.8, 4) is 0 Å². The maximum Gasteiger partial charge on any atom is 0.257 e. The van der Waals surface area contributed by atoms with Crippen molar-refractivity contribution < 1.29 is 13.6 Å². The summed E-state index contributed by atoms with van der Waals surface area (Å²) in [7, 11) is 0. The van der Waals surface area contributed by atoms with E-state index in [9.17, 15) is 13.6 Å². The number of nitrogens with two attached hydrogens (primary N) is 1. The Morgan fingerprint density at radius 3 is 2.55 bits per heavy atom. The highest BCUT2D eigenvalue weighted by Gasteiger charge is 2.15. The first-order chi connectivity index (χ1) is 9.38. The highest BCUT2D eigenvalue weighted by Crippen LogP contribution is 2.24. The molecule has 3 N–H and O–H groups in total. The highest BCUT2D eigenvalue weighted by molar-refractivity contribution is 6.06. The van der Waals surface area contributed by atoms with Gasteiger partial charge in [-0.2, -0.15) is 0 Å². The van der Waals surface area contributed by atoms with Crippen molar-refractivity contribution in [1.82, 2.24) is 4.98 Å². The van der Waals surface area contributed by atoms with Crippen LogP contribution in [-0.4, -0.2) is 10.9 Å². The molecule has 0 saturated heterocycles. The first-order valence-electron chi connectivity index (χ1n) is 5.88. The molecule has 1 amide bonds. The standard InChI is InChI=1S/C14H13F2N3O/c1-7-3-4-10(8(2)18-7)14(20)19-13-11(16)5-9(15)6-12(13)17/h3-6H,17H2,1-2H3,(H,19,20). The van der Waals surface area contributed by atoms with Gasteiger partial charge in [-0.15, -0.1) is 0 Å². The number of benzene rings is 1. The van der Waals surface area contributed by atoms with Crippen LogP contribution in [0.5, 0.6) is 0 Å². The number of pyridine rings is 1. The molecule has 0 saturated carbocycles. The summed E-state index contributed by atoms with van der Waals surface area (Å²) in [5.41, 5.74) is 6.68. The van der Waals surface area contributed by atoms with Crippen LogP contribution in [-0.2, 0) is 0 Å². The minimum absolute atomic E-state index is 0.173. The fraction of sp³-hybridized carbons (Fsp3) is 0.143. The Hall–Kier alpha value is -2.50. The summed E-state index contributed by atoms with van der Waals surface area (Å²) in [5.74, 6) is -2.27. The van der Waals surface area contributed by atoms with Gasteiger partial charge in [0.2, 0.25) is 0 Å². The quantitative estimate of drug-likeness (QED) is 0.829. The topological polar surface area (TPSA) is 68.0 Å². The number of amides is 1. The molecule has 104 valence electrons. The molecule has 6 heteroatoms. The average Bonchev–Trinajstić information content (AvgIpc) is 2.33. The summed E-state index contributed by atoms with van der Waals surface area (Å²) in [6.07, 6.45) is 0. The zero-order chi connectivity index (χ0) is 14.9. The molecule has 2 aromatic rings. The summed E-state index contributed by atoms with van der Waals surface area (Å²) in [4.78, 5) is 16.2. The molecule has 0 fully saturated rings. The SMILES string of the molecule is Cc1ccc(C(=O)Nc2c(N)cc(F)cc2F)c(C)n1. The number of hydrogen-bond acceptors (Lipinski definition) is 3. The number of halogens is 2. The Kier molecular flexibility index (Phi) is 3.65. The minimum Gasteiger partial charge on any atom is -0.397 e. The van der Waals surface area contributed by atoms with E-state index in [-0.39, 0.29) is 11.4 Å². The fourth-order valence-electron chi connectivity index (χ4n) is 1.83. The van der Waals surface area contributed by atoms with E-state index < -0.39 is 17.5 Å². The van der Waals surface area contributed by atoms with E-state index in [2.05, 4.69) is 10.3 Å². The van der Waals surface area contributed by atoms with E-state index >= 15 is 0 Å². The molecule has 20 heavy (non-hydrogen) atoms. The number of anilines is 2. The number of hydrogen-bond donors (Lipinski definition) is 2. The zero-order valence-electron chi connectivity index (χ0n) is 11.0. The van der Waals surface area contributed by atoms with Crippen LogP contribution in [0, 0.1) is 25.5 Å². The highest BCUT2D eigenvalue weighted by atomic mass is 19.1. The van der Waals surface area contributed by atoms with E-state index in [1.54, 1.807) is 26.0 Å². The lowest BCUT2D eigenvalue weighted by Gasteiger charge is -2.11. The normalized spacial score (nSPS) is 10.4. The van der Waals surface area contributed by atoms with Gasteiger partial charge in [-0.25, -0.2) is 8.78 Å². The van der Waals surface area contributed by atoms with E-state index in [0.29, 0.717) is 17.3 Å². The van der Waals surface area contributed by atoms with Crippen LogP contribution in [0.15, 0.2) is 24.3 Å². The molecule has 0 unspecified atom stereocenters. The van der Waals surface area contributed by atoms with Gasteiger partial charge in [-0.1, -0.05) is 0 Å². The largest absolute Gasteiger partial charge is 0.397 e. The van der Waals surface area contributed by atoms with Crippen LogP contribution in [0.1, 0.15) is 21.7 Å². The van der Waals surface area contributed by atoms with Gasteiger partial charge in [0.15, 0.2) is 5.82 Å². The van der Waals surface area contributed by atoms with Gasteiger partial charge in [-0.05, 0) is 32.0 Å². The third-order valence-electron chi connectivity index (χ3n) is 2.79. The van der Waals surface area contributed by atoms with Crippen molar-refractivity contribution >= 4 is 17.3 Å². The van der Waals surface area contributed by atoms with Crippen LogP contribution < -0.4 is 11.1 Å². The van der Waals surface area contributed by atoms with Crippen LogP contribution >= 0.6 is 0 Å². The second kappa shape index (κ2) is 5.24. The Bertz CT molecular complexity index is 663. The molecule has 4 nitrogen and oxygen atoms in total. The molecular weight excluding hydrogens is 264 g/mol. The first kappa shape index (κ1) is 13.9. The molecule has 0 aliphatic rings. The van der Waals surface area contributed by atoms with Crippen molar-refractivity contribution in [2.45, 2.75) is 13.8 Å². The van der Waals surface area contributed by atoms with Gasteiger partial charge < -0.3 is 11.1 Å². The average molecular weight is 277 g/mol. The Labute approximate surface area is 114 Å².